The molecule has 1 N–H and O–H groups in total. The monoisotopic (exact) mass is 304 g/mol. The van der Waals surface area contributed by atoms with Crippen LogP contribution in [-0.2, 0) is 6.54 Å². The summed E-state index contributed by atoms with van der Waals surface area (Å²) in [6.45, 7) is 1.16. The van der Waals surface area contributed by atoms with Crippen LogP contribution < -0.4 is 9.24 Å². The summed E-state index contributed by atoms with van der Waals surface area (Å²) >= 11 is 9.14. The van der Waals surface area contributed by atoms with Gasteiger partial charge in [-0.3, -0.25) is 9.24 Å². The zero-order chi connectivity index (χ0) is 11.3. The molecule has 0 atom stereocenters. The Bertz CT molecular complexity index is 571. The van der Waals surface area contributed by atoms with Gasteiger partial charge in [-0.15, -0.1) is 0 Å². The smallest absolute Gasteiger partial charge is 0.200 e. The number of hydrogen-bond donors (Lipinski definition) is 1. The fourth-order valence-corrected chi connectivity index (χ4v) is 2.74. The largest absolute Gasteiger partial charge is 0.452 e. The molecule has 3 rings (SSSR count). The Balaban J connectivity index is 2.39. The van der Waals surface area contributed by atoms with Gasteiger partial charge in [0, 0.05) is 22.9 Å². The normalized spacial score (nSPS) is 15.6. The van der Waals surface area contributed by atoms with E-state index in [0.29, 0.717) is 24.3 Å². The molecule has 2 heterocycles. The molecular formula is C10H7BrClFN2O. The Morgan fingerprint density at radius 3 is 3.12 bits per heavy atom. The topological polar surface area (TPSA) is 28.4 Å². The van der Waals surface area contributed by atoms with Crippen LogP contribution in [0.4, 0.5) is 10.1 Å². The number of nitrogens with zero attached hydrogens (tertiary/aromatic N) is 1. The summed E-state index contributed by atoms with van der Waals surface area (Å²) in [5.74, 6) is -0.302. The molecule has 0 bridgehead atoms. The average Bonchev–Trinajstić information content (AvgIpc) is 2.61. The van der Waals surface area contributed by atoms with E-state index in [-0.39, 0.29) is 11.0 Å². The molecule has 0 unspecified atom stereocenters. The first kappa shape index (κ1) is 10.4. The van der Waals surface area contributed by atoms with Crippen molar-refractivity contribution >= 4 is 44.2 Å². The maximum absolute atomic E-state index is 13.9. The average molecular weight is 306 g/mol. The molecule has 0 radical (unpaired) electrons. The van der Waals surface area contributed by atoms with Crippen LogP contribution in [0.1, 0.15) is 5.56 Å². The molecule has 2 aromatic rings. The SMILES string of the molecule is Fc1cc2c(Cl)occ2c2c1N(Br)CNC2. The van der Waals surface area contributed by atoms with E-state index in [1.54, 1.807) is 10.2 Å². The Hall–Kier alpha value is -0.780. The van der Waals surface area contributed by atoms with E-state index in [1.165, 1.54) is 6.07 Å². The number of anilines is 1. The molecule has 16 heavy (non-hydrogen) atoms. The molecule has 1 aromatic carbocycles. The molecule has 0 aliphatic carbocycles. The van der Waals surface area contributed by atoms with Crippen LogP contribution in [0.2, 0.25) is 5.22 Å². The summed E-state index contributed by atoms with van der Waals surface area (Å²) in [4.78, 5) is 0. The first-order valence-corrected chi connectivity index (χ1v) is 5.79. The number of nitrogens with one attached hydrogen (secondary N) is 1. The third kappa shape index (κ3) is 1.35. The van der Waals surface area contributed by atoms with Crippen molar-refractivity contribution in [3.8, 4) is 0 Å². The van der Waals surface area contributed by atoms with Gasteiger partial charge in [0.05, 0.1) is 28.5 Å². The highest BCUT2D eigenvalue weighted by Gasteiger charge is 2.23. The molecule has 1 aliphatic rings. The molecule has 3 nitrogen and oxygen atoms in total. The van der Waals surface area contributed by atoms with Crippen molar-refractivity contribution in [1.29, 1.82) is 0 Å². The van der Waals surface area contributed by atoms with Crippen molar-refractivity contribution in [2.75, 3.05) is 10.6 Å². The van der Waals surface area contributed by atoms with Crippen LogP contribution in [0.5, 0.6) is 0 Å². The van der Waals surface area contributed by atoms with Gasteiger partial charge in [-0.2, -0.15) is 0 Å². The summed E-state index contributed by atoms with van der Waals surface area (Å²) in [6, 6.07) is 1.40. The van der Waals surface area contributed by atoms with Gasteiger partial charge in [-0.1, -0.05) is 0 Å². The molecule has 0 fully saturated rings. The van der Waals surface area contributed by atoms with E-state index in [1.807, 2.05) is 0 Å². The van der Waals surface area contributed by atoms with Gasteiger partial charge in [0.15, 0.2) is 0 Å². The third-order valence-electron chi connectivity index (χ3n) is 2.69. The lowest BCUT2D eigenvalue weighted by Crippen LogP contribution is -2.33. The van der Waals surface area contributed by atoms with E-state index in [9.17, 15) is 4.39 Å². The number of hydrogen-bond acceptors (Lipinski definition) is 3. The molecule has 0 amide bonds. The van der Waals surface area contributed by atoms with Crippen molar-refractivity contribution in [3.05, 3.63) is 28.9 Å². The number of fused-ring (bicyclic) bond motifs is 3. The fraction of sp³-hybridized carbons (Fsp3) is 0.200. The first-order chi connectivity index (χ1) is 7.68. The highest BCUT2D eigenvalue weighted by molar-refractivity contribution is 9.10. The minimum atomic E-state index is -0.302. The van der Waals surface area contributed by atoms with Crippen molar-refractivity contribution in [1.82, 2.24) is 5.32 Å². The minimum Gasteiger partial charge on any atom is -0.452 e. The van der Waals surface area contributed by atoms with Gasteiger partial charge in [0.25, 0.3) is 0 Å². The molecule has 0 spiro atoms. The summed E-state index contributed by atoms with van der Waals surface area (Å²) in [5.41, 5.74) is 1.40. The summed E-state index contributed by atoms with van der Waals surface area (Å²) in [7, 11) is 0. The quantitative estimate of drug-likeness (QED) is 0.756. The van der Waals surface area contributed by atoms with Crippen molar-refractivity contribution in [3.63, 3.8) is 0 Å². The van der Waals surface area contributed by atoms with Crippen LogP contribution in [-0.4, -0.2) is 6.67 Å². The first-order valence-electron chi connectivity index (χ1n) is 4.70. The lowest BCUT2D eigenvalue weighted by Gasteiger charge is -2.26. The predicted octanol–water partition coefficient (Wildman–Crippen LogP) is 3.40. The number of benzene rings is 1. The van der Waals surface area contributed by atoms with E-state index in [4.69, 9.17) is 16.0 Å². The summed E-state index contributed by atoms with van der Waals surface area (Å²) < 4.78 is 20.7. The van der Waals surface area contributed by atoms with Gasteiger partial charge >= 0.3 is 0 Å². The minimum absolute atomic E-state index is 0.225. The lowest BCUT2D eigenvalue weighted by atomic mass is 10.0. The van der Waals surface area contributed by atoms with Crippen LogP contribution in [0, 0.1) is 5.82 Å². The van der Waals surface area contributed by atoms with Gasteiger partial charge < -0.3 is 4.42 Å². The number of furan rings is 1. The Morgan fingerprint density at radius 1 is 1.50 bits per heavy atom. The van der Waals surface area contributed by atoms with E-state index < -0.39 is 0 Å². The Morgan fingerprint density at radius 2 is 2.31 bits per heavy atom. The van der Waals surface area contributed by atoms with Crippen molar-refractivity contribution in [2.24, 2.45) is 0 Å². The molecule has 1 aromatic heterocycles. The third-order valence-corrected chi connectivity index (χ3v) is 3.58. The van der Waals surface area contributed by atoms with E-state index >= 15 is 0 Å². The molecule has 0 saturated heterocycles. The highest BCUT2D eigenvalue weighted by atomic mass is 79.9. The molecular weight excluding hydrogens is 298 g/mol. The van der Waals surface area contributed by atoms with Gasteiger partial charge in [0.2, 0.25) is 5.22 Å². The maximum atomic E-state index is 13.9. The van der Waals surface area contributed by atoms with Crippen LogP contribution in [0.25, 0.3) is 10.8 Å². The van der Waals surface area contributed by atoms with Gasteiger partial charge in [0.1, 0.15) is 12.1 Å². The molecule has 0 saturated carbocycles. The summed E-state index contributed by atoms with van der Waals surface area (Å²) in [5, 5.41) is 4.83. The van der Waals surface area contributed by atoms with Crippen molar-refractivity contribution in [2.45, 2.75) is 6.54 Å². The highest BCUT2D eigenvalue weighted by Crippen LogP contribution is 2.38. The Labute approximate surface area is 104 Å². The van der Waals surface area contributed by atoms with Crippen LogP contribution >= 0.6 is 27.7 Å². The van der Waals surface area contributed by atoms with E-state index in [2.05, 4.69) is 21.5 Å². The van der Waals surface area contributed by atoms with Gasteiger partial charge in [-0.05, 0) is 17.7 Å². The number of halogens is 3. The lowest BCUT2D eigenvalue weighted by molar-refractivity contribution is 0.574. The Kier molecular flexibility index (Phi) is 2.34. The zero-order valence-corrected chi connectivity index (χ0v) is 10.4. The molecule has 84 valence electrons. The van der Waals surface area contributed by atoms with Crippen molar-refractivity contribution < 1.29 is 8.81 Å². The summed E-state index contributed by atoms with van der Waals surface area (Å²) in [6.07, 6.45) is 1.56. The van der Waals surface area contributed by atoms with Crippen LogP contribution in [0.3, 0.4) is 0 Å². The molecule has 6 heteroatoms. The number of rotatable bonds is 0. The van der Waals surface area contributed by atoms with Gasteiger partial charge in [-0.25, -0.2) is 4.39 Å². The second-order valence-corrected chi connectivity index (χ2v) is 4.80. The zero-order valence-electron chi connectivity index (χ0n) is 8.06. The standard InChI is InChI=1S/C10H7BrClFN2O/c11-15-4-14-2-6-7-3-16-10(12)5(7)1-8(13)9(6)15/h1,3,14H,2,4H2. The second kappa shape index (κ2) is 3.61. The second-order valence-electron chi connectivity index (χ2n) is 3.60. The van der Waals surface area contributed by atoms with E-state index in [0.717, 1.165) is 10.9 Å². The maximum Gasteiger partial charge on any atom is 0.200 e. The predicted molar refractivity (Wildman–Crippen MR) is 64.3 cm³/mol. The fourth-order valence-electron chi connectivity index (χ4n) is 1.98. The molecule has 1 aliphatic heterocycles. The van der Waals surface area contributed by atoms with Crippen LogP contribution in [0.15, 0.2) is 16.7 Å².